The molecule has 0 saturated carbocycles. The Hall–Kier alpha value is -2.14. The molecule has 0 saturated heterocycles. The number of aromatic nitrogens is 2. The van der Waals surface area contributed by atoms with E-state index in [1.54, 1.807) is 0 Å². The van der Waals surface area contributed by atoms with Gasteiger partial charge in [0.05, 0.1) is 0 Å². The fraction of sp³-hybridized carbons (Fsp3) is 0.231. The highest BCUT2D eigenvalue weighted by molar-refractivity contribution is 5.81. The smallest absolute Gasteiger partial charge is 0.293 e. The first kappa shape index (κ1) is 11.0. The van der Waals surface area contributed by atoms with Gasteiger partial charge in [0.15, 0.2) is 5.76 Å². The minimum absolute atomic E-state index is 0.285. The number of rotatable bonds is 3. The van der Waals surface area contributed by atoms with Crippen molar-refractivity contribution in [3.8, 4) is 11.7 Å². The summed E-state index contributed by atoms with van der Waals surface area (Å²) in [7, 11) is 0. The van der Waals surface area contributed by atoms with Gasteiger partial charge in [-0.25, -0.2) is 0 Å². The number of fused-ring (bicyclic) bond motifs is 1. The van der Waals surface area contributed by atoms with E-state index in [1.807, 2.05) is 37.3 Å². The van der Waals surface area contributed by atoms with Crippen LogP contribution in [0.1, 0.15) is 25.3 Å². The normalized spacial score (nSPS) is 13.0. The largest absolute Gasteiger partial charge is 0.451 e. The van der Waals surface area contributed by atoms with Crippen molar-refractivity contribution in [2.75, 3.05) is 0 Å². The van der Waals surface area contributed by atoms with Gasteiger partial charge < -0.3 is 14.0 Å². The lowest BCUT2D eigenvalue weighted by molar-refractivity contribution is 0.159. The quantitative estimate of drug-likeness (QED) is 0.766. The molecule has 92 valence electrons. The van der Waals surface area contributed by atoms with Crippen molar-refractivity contribution in [2.24, 2.45) is 0 Å². The van der Waals surface area contributed by atoms with Gasteiger partial charge in [-0.15, -0.1) is 0 Å². The van der Waals surface area contributed by atoms with Crippen LogP contribution in [0.15, 0.2) is 39.3 Å². The zero-order valence-electron chi connectivity index (χ0n) is 9.83. The molecule has 5 nitrogen and oxygen atoms in total. The molecule has 1 aromatic carbocycles. The molecule has 3 aromatic rings. The molecule has 1 N–H and O–H groups in total. The van der Waals surface area contributed by atoms with E-state index in [4.69, 9.17) is 8.94 Å². The Morgan fingerprint density at radius 3 is 2.94 bits per heavy atom. The van der Waals surface area contributed by atoms with Crippen LogP contribution in [0.5, 0.6) is 0 Å². The van der Waals surface area contributed by atoms with Crippen molar-refractivity contribution >= 4 is 11.0 Å². The number of hydrogen-bond donors (Lipinski definition) is 1. The lowest BCUT2D eigenvalue weighted by Crippen LogP contribution is -1.97. The van der Waals surface area contributed by atoms with Gasteiger partial charge in [-0.2, -0.15) is 4.98 Å². The number of furan rings is 1. The van der Waals surface area contributed by atoms with Crippen LogP contribution in [0.2, 0.25) is 0 Å². The molecule has 3 rings (SSSR count). The number of aliphatic hydroxyl groups is 1. The molecular formula is C13H12N2O3. The summed E-state index contributed by atoms with van der Waals surface area (Å²) < 4.78 is 10.7. The van der Waals surface area contributed by atoms with Crippen molar-refractivity contribution in [1.82, 2.24) is 10.1 Å². The van der Waals surface area contributed by atoms with Crippen LogP contribution in [-0.2, 0) is 0 Å². The maximum Gasteiger partial charge on any atom is 0.293 e. The number of aliphatic hydroxyl groups excluding tert-OH is 1. The molecule has 0 aliphatic carbocycles. The molecule has 0 fully saturated rings. The van der Waals surface area contributed by atoms with Gasteiger partial charge in [-0.1, -0.05) is 30.3 Å². The third-order valence-corrected chi connectivity index (χ3v) is 2.76. The summed E-state index contributed by atoms with van der Waals surface area (Å²) in [6, 6.07) is 9.49. The summed E-state index contributed by atoms with van der Waals surface area (Å²) >= 11 is 0. The number of nitrogens with zero attached hydrogens (tertiary/aromatic N) is 2. The van der Waals surface area contributed by atoms with Crippen molar-refractivity contribution in [2.45, 2.75) is 19.4 Å². The van der Waals surface area contributed by atoms with Crippen LogP contribution >= 0.6 is 0 Å². The molecule has 0 amide bonds. The summed E-state index contributed by atoms with van der Waals surface area (Å²) in [5.74, 6) is 1.08. The second-order valence-corrected chi connectivity index (χ2v) is 4.03. The lowest BCUT2D eigenvalue weighted by atomic mass is 10.2. The van der Waals surface area contributed by atoms with E-state index in [-0.39, 0.29) is 11.7 Å². The van der Waals surface area contributed by atoms with Crippen molar-refractivity contribution in [3.05, 3.63) is 36.2 Å². The number of benzene rings is 1. The maximum absolute atomic E-state index is 9.61. The van der Waals surface area contributed by atoms with E-state index in [1.165, 1.54) is 0 Å². The van der Waals surface area contributed by atoms with E-state index in [2.05, 4.69) is 10.1 Å². The Morgan fingerprint density at radius 1 is 1.33 bits per heavy atom. The molecule has 0 spiro atoms. The molecule has 1 atom stereocenters. The second kappa shape index (κ2) is 4.27. The van der Waals surface area contributed by atoms with E-state index < -0.39 is 6.10 Å². The third kappa shape index (κ3) is 1.78. The Balaban J connectivity index is 2.01. The van der Waals surface area contributed by atoms with Gasteiger partial charge >= 0.3 is 0 Å². The molecule has 0 radical (unpaired) electrons. The zero-order valence-corrected chi connectivity index (χ0v) is 9.83. The Morgan fingerprint density at radius 2 is 2.17 bits per heavy atom. The van der Waals surface area contributed by atoms with E-state index >= 15 is 0 Å². The first-order valence-corrected chi connectivity index (χ1v) is 5.78. The molecular weight excluding hydrogens is 232 g/mol. The highest BCUT2D eigenvalue weighted by Gasteiger charge is 2.17. The van der Waals surface area contributed by atoms with E-state index in [0.717, 1.165) is 11.0 Å². The van der Waals surface area contributed by atoms with Crippen LogP contribution in [0, 0.1) is 0 Å². The van der Waals surface area contributed by atoms with E-state index in [9.17, 15) is 5.11 Å². The predicted octanol–water partition coefficient (Wildman–Crippen LogP) is 2.93. The van der Waals surface area contributed by atoms with Gasteiger partial charge in [0, 0.05) is 5.39 Å². The third-order valence-electron chi connectivity index (χ3n) is 2.76. The molecule has 2 heterocycles. The highest BCUT2D eigenvalue weighted by Crippen LogP contribution is 2.27. The van der Waals surface area contributed by atoms with Gasteiger partial charge in [-0.3, -0.25) is 0 Å². The fourth-order valence-electron chi connectivity index (χ4n) is 1.74. The zero-order chi connectivity index (χ0) is 12.5. The monoisotopic (exact) mass is 244 g/mol. The van der Waals surface area contributed by atoms with Crippen LogP contribution in [0.3, 0.4) is 0 Å². The van der Waals surface area contributed by atoms with Crippen molar-refractivity contribution in [1.29, 1.82) is 0 Å². The Kier molecular flexibility index (Phi) is 2.60. The SMILES string of the molecule is CCC(O)c1noc(-c2cc3ccccc3o2)n1. The molecule has 1 unspecified atom stereocenters. The van der Waals surface area contributed by atoms with Crippen LogP contribution in [0.4, 0.5) is 0 Å². The summed E-state index contributed by atoms with van der Waals surface area (Å²) in [6.45, 7) is 1.85. The topological polar surface area (TPSA) is 72.3 Å². The van der Waals surface area contributed by atoms with Crippen LogP contribution < -0.4 is 0 Å². The average molecular weight is 244 g/mol. The van der Waals surface area contributed by atoms with Gasteiger partial charge in [-0.05, 0) is 18.6 Å². The maximum atomic E-state index is 9.61. The van der Waals surface area contributed by atoms with Crippen LogP contribution in [0.25, 0.3) is 22.6 Å². The standard InChI is InChI=1S/C13H12N2O3/c1-2-9(16)12-14-13(18-15-12)11-7-8-5-3-4-6-10(8)17-11/h3-7,9,16H,2H2,1H3. The van der Waals surface area contributed by atoms with Gasteiger partial charge in [0.25, 0.3) is 5.89 Å². The minimum atomic E-state index is -0.702. The Labute approximate surface area is 103 Å². The molecule has 0 aliphatic rings. The summed E-state index contributed by atoms with van der Waals surface area (Å²) in [5.41, 5.74) is 0.767. The average Bonchev–Trinajstić information content (AvgIpc) is 3.03. The first-order valence-electron chi connectivity index (χ1n) is 5.78. The first-order chi connectivity index (χ1) is 8.78. The molecule has 5 heteroatoms. The molecule has 2 aromatic heterocycles. The number of para-hydroxylation sites is 1. The predicted molar refractivity (Wildman–Crippen MR) is 64.8 cm³/mol. The summed E-state index contributed by atoms with van der Waals surface area (Å²) in [4.78, 5) is 4.12. The summed E-state index contributed by atoms with van der Waals surface area (Å²) in [5, 5.41) is 14.3. The molecule has 18 heavy (non-hydrogen) atoms. The van der Waals surface area contributed by atoms with Crippen molar-refractivity contribution in [3.63, 3.8) is 0 Å². The fourth-order valence-corrected chi connectivity index (χ4v) is 1.74. The molecule has 0 aliphatic heterocycles. The highest BCUT2D eigenvalue weighted by atomic mass is 16.5. The summed E-state index contributed by atoms with van der Waals surface area (Å²) in [6.07, 6.45) is -0.161. The lowest BCUT2D eigenvalue weighted by Gasteiger charge is -1.97. The molecule has 0 bridgehead atoms. The number of hydrogen-bond acceptors (Lipinski definition) is 5. The van der Waals surface area contributed by atoms with Crippen LogP contribution in [-0.4, -0.2) is 15.2 Å². The Bertz CT molecular complexity index is 638. The van der Waals surface area contributed by atoms with Gasteiger partial charge in [0.2, 0.25) is 5.82 Å². The van der Waals surface area contributed by atoms with E-state index in [0.29, 0.717) is 12.2 Å². The minimum Gasteiger partial charge on any atom is -0.451 e. The second-order valence-electron chi connectivity index (χ2n) is 4.03. The van der Waals surface area contributed by atoms with Gasteiger partial charge in [0.1, 0.15) is 11.7 Å². The van der Waals surface area contributed by atoms with Crippen molar-refractivity contribution < 1.29 is 14.0 Å².